The summed E-state index contributed by atoms with van der Waals surface area (Å²) in [5.41, 5.74) is 7.77. The first-order valence-electron chi connectivity index (χ1n) is 9.02. The van der Waals surface area contributed by atoms with Crippen molar-refractivity contribution >= 4 is 49.0 Å². The number of hydrazine groups is 1. The Kier molecular flexibility index (Phi) is 5.31. The Morgan fingerprint density at radius 3 is 2.55 bits per heavy atom. The number of hydrogen-bond acceptors (Lipinski definition) is 7. The molecule has 0 bridgehead atoms. The van der Waals surface area contributed by atoms with E-state index in [-0.39, 0.29) is 16.2 Å². The number of fused-ring (bicyclic) bond motifs is 3. The van der Waals surface area contributed by atoms with Crippen molar-refractivity contribution in [3.05, 3.63) is 76.9 Å². The summed E-state index contributed by atoms with van der Waals surface area (Å²) >= 11 is 1.30. The van der Waals surface area contributed by atoms with E-state index in [1.807, 2.05) is 35.6 Å². The molecule has 1 amide bonds. The number of rotatable bonds is 6. The number of allylic oxidation sites excluding steroid dienone is 1. The first-order valence-corrected chi connectivity index (χ1v) is 11.4. The first-order chi connectivity index (χ1) is 14.8. The maximum absolute atomic E-state index is 12.6. The predicted molar refractivity (Wildman–Crippen MR) is 117 cm³/mol. The monoisotopic (exact) mass is 455 g/mol. The molecular weight excluding hydrogens is 438 g/mol. The standard InChI is InChI=1S/C20H17N5O4S2/c1-12-18(30-20-23-15-4-2-3-5-16(15)25(12)20)17(26)10-11-22-24-19(27)13-6-8-14(9-7-13)31(21,28)29/h2-11,22H,1H3,(H,24,27)(H2,21,28,29)/b11-10+. The molecule has 4 N–H and O–H groups in total. The molecule has 0 spiro atoms. The third kappa shape index (κ3) is 4.06. The number of carbonyl (C=O) groups is 2. The van der Waals surface area contributed by atoms with Crippen LogP contribution in [0.25, 0.3) is 16.0 Å². The number of hydrogen-bond donors (Lipinski definition) is 3. The van der Waals surface area contributed by atoms with Crippen LogP contribution in [0.4, 0.5) is 0 Å². The van der Waals surface area contributed by atoms with Gasteiger partial charge in [0.2, 0.25) is 10.0 Å². The molecule has 0 aliphatic rings. The van der Waals surface area contributed by atoms with Gasteiger partial charge in [-0.1, -0.05) is 23.5 Å². The molecule has 31 heavy (non-hydrogen) atoms. The van der Waals surface area contributed by atoms with Gasteiger partial charge in [-0.2, -0.15) is 0 Å². The number of benzene rings is 2. The summed E-state index contributed by atoms with van der Waals surface area (Å²) in [5.74, 6) is -0.730. The molecule has 0 aliphatic carbocycles. The van der Waals surface area contributed by atoms with E-state index >= 15 is 0 Å². The van der Waals surface area contributed by atoms with Crippen LogP contribution in [0, 0.1) is 6.92 Å². The maximum atomic E-state index is 12.6. The van der Waals surface area contributed by atoms with Crippen molar-refractivity contribution in [2.45, 2.75) is 11.8 Å². The zero-order valence-electron chi connectivity index (χ0n) is 16.2. The molecule has 9 nitrogen and oxygen atoms in total. The number of amides is 1. The molecule has 2 aromatic carbocycles. The Balaban J connectivity index is 1.42. The second-order valence-electron chi connectivity index (χ2n) is 6.60. The van der Waals surface area contributed by atoms with Crippen molar-refractivity contribution in [3.8, 4) is 0 Å². The minimum absolute atomic E-state index is 0.0899. The molecule has 4 rings (SSSR count). The largest absolute Gasteiger partial charge is 0.305 e. The molecule has 0 atom stereocenters. The molecule has 0 fully saturated rings. The van der Waals surface area contributed by atoms with Gasteiger partial charge >= 0.3 is 0 Å². The second-order valence-corrected chi connectivity index (χ2v) is 9.14. The van der Waals surface area contributed by atoms with Crippen LogP contribution >= 0.6 is 11.3 Å². The molecule has 0 radical (unpaired) electrons. The third-order valence-corrected chi connectivity index (χ3v) is 6.65. The molecule has 0 saturated heterocycles. The van der Waals surface area contributed by atoms with Crippen LogP contribution in [-0.4, -0.2) is 29.5 Å². The van der Waals surface area contributed by atoms with Crippen LogP contribution in [0.3, 0.4) is 0 Å². The van der Waals surface area contributed by atoms with Crippen LogP contribution in [-0.2, 0) is 10.0 Å². The summed E-state index contributed by atoms with van der Waals surface area (Å²) < 4.78 is 24.5. The van der Waals surface area contributed by atoms with Gasteiger partial charge in [-0.15, -0.1) is 0 Å². The Labute approximate surface area is 181 Å². The summed E-state index contributed by atoms with van der Waals surface area (Å²) in [5, 5.41) is 5.03. The van der Waals surface area contributed by atoms with Crippen molar-refractivity contribution in [2.24, 2.45) is 5.14 Å². The first kappa shape index (κ1) is 20.7. The Bertz CT molecular complexity index is 1450. The number of para-hydroxylation sites is 2. The number of nitrogens with one attached hydrogen (secondary N) is 2. The van der Waals surface area contributed by atoms with E-state index in [2.05, 4.69) is 15.8 Å². The average molecular weight is 456 g/mol. The van der Waals surface area contributed by atoms with E-state index in [4.69, 9.17) is 5.14 Å². The van der Waals surface area contributed by atoms with E-state index < -0.39 is 15.9 Å². The highest BCUT2D eigenvalue weighted by Crippen LogP contribution is 2.28. The summed E-state index contributed by atoms with van der Waals surface area (Å²) in [6.45, 7) is 1.86. The number of primary sulfonamides is 1. The highest BCUT2D eigenvalue weighted by atomic mass is 32.2. The van der Waals surface area contributed by atoms with Gasteiger partial charge in [0, 0.05) is 23.5 Å². The highest BCUT2D eigenvalue weighted by Gasteiger charge is 2.17. The summed E-state index contributed by atoms with van der Waals surface area (Å²) in [6.07, 6.45) is 2.63. The third-order valence-electron chi connectivity index (χ3n) is 4.56. The molecule has 158 valence electrons. The van der Waals surface area contributed by atoms with Gasteiger partial charge in [-0.25, -0.2) is 18.5 Å². The summed E-state index contributed by atoms with van der Waals surface area (Å²) in [6, 6.07) is 12.9. The van der Waals surface area contributed by atoms with Gasteiger partial charge in [0.25, 0.3) is 5.91 Å². The average Bonchev–Trinajstić information content (AvgIpc) is 3.27. The molecule has 11 heteroatoms. The number of nitrogens with two attached hydrogens (primary N) is 1. The van der Waals surface area contributed by atoms with Crippen molar-refractivity contribution in [2.75, 3.05) is 0 Å². The minimum Gasteiger partial charge on any atom is -0.305 e. The van der Waals surface area contributed by atoms with Gasteiger partial charge in [0.15, 0.2) is 10.7 Å². The molecule has 4 aromatic rings. The summed E-state index contributed by atoms with van der Waals surface area (Å²) in [7, 11) is -3.82. The Morgan fingerprint density at radius 1 is 1.13 bits per heavy atom. The minimum atomic E-state index is -3.82. The molecule has 0 unspecified atom stereocenters. The van der Waals surface area contributed by atoms with E-state index in [0.717, 1.165) is 21.7 Å². The van der Waals surface area contributed by atoms with Gasteiger partial charge in [0.05, 0.1) is 20.8 Å². The van der Waals surface area contributed by atoms with Gasteiger partial charge in [-0.05, 0) is 43.3 Å². The van der Waals surface area contributed by atoms with Crippen LogP contribution < -0.4 is 16.0 Å². The number of aromatic nitrogens is 2. The predicted octanol–water partition coefficient (Wildman–Crippen LogP) is 2.14. The number of nitrogens with zero attached hydrogens (tertiary/aromatic N) is 2. The lowest BCUT2D eigenvalue weighted by Gasteiger charge is -2.05. The Hall–Kier alpha value is -3.54. The van der Waals surface area contributed by atoms with Gasteiger partial charge in [0.1, 0.15) is 0 Å². The lowest BCUT2D eigenvalue weighted by Crippen LogP contribution is -2.33. The second kappa shape index (κ2) is 7.95. The topological polar surface area (TPSA) is 136 Å². The SMILES string of the molecule is Cc1c(C(=O)/C=C/NNC(=O)c2ccc(S(N)(=O)=O)cc2)sc2nc3ccccc3n12. The summed E-state index contributed by atoms with van der Waals surface area (Å²) in [4.78, 5) is 30.4. The van der Waals surface area contributed by atoms with Crippen molar-refractivity contribution in [1.29, 1.82) is 0 Å². The van der Waals surface area contributed by atoms with E-state index in [9.17, 15) is 18.0 Å². The van der Waals surface area contributed by atoms with Crippen molar-refractivity contribution < 1.29 is 18.0 Å². The zero-order chi connectivity index (χ0) is 22.2. The van der Waals surface area contributed by atoms with Crippen LogP contribution in [0.2, 0.25) is 0 Å². The molecule has 2 heterocycles. The van der Waals surface area contributed by atoms with Crippen LogP contribution in [0.5, 0.6) is 0 Å². The maximum Gasteiger partial charge on any atom is 0.269 e. The van der Waals surface area contributed by atoms with Crippen molar-refractivity contribution in [1.82, 2.24) is 20.2 Å². The molecule has 0 saturated carbocycles. The number of carbonyl (C=O) groups excluding carboxylic acids is 2. The Morgan fingerprint density at radius 2 is 1.84 bits per heavy atom. The van der Waals surface area contributed by atoms with E-state index in [1.54, 1.807) is 0 Å². The van der Waals surface area contributed by atoms with Gasteiger partial charge in [-0.3, -0.25) is 19.4 Å². The lowest BCUT2D eigenvalue weighted by atomic mass is 10.2. The fourth-order valence-corrected chi connectivity index (χ4v) is 4.64. The fourth-order valence-electron chi connectivity index (χ4n) is 3.06. The quantitative estimate of drug-likeness (QED) is 0.232. The number of ketones is 1. The number of sulfonamides is 1. The molecular formula is C20H17N5O4S2. The number of aryl methyl sites for hydroxylation is 1. The normalized spacial score (nSPS) is 11.9. The van der Waals surface area contributed by atoms with E-state index in [0.29, 0.717) is 4.88 Å². The molecule has 0 aliphatic heterocycles. The lowest BCUT2D eigenvalue weighted by molar-refractivity contribution is 0.0939. The smallest absolute Gasteiger partial charge is 0.269 e. The number of thiazole rings is 1. The zero-order valence-corrected chi connectivity index (χ0v) is 17.8. The highest BCUT2D eigenvalue weighted by molar-refractivity contribution is 7.89. The van der Waals surface area contributed by atoms with Crippen LogP contribution in [0.15, 0.2) is 65.7 Å². The van der Waals surface area contributed by atoms with Gasteiger partial charge < -0.3 is 5.43 Å². The van der Waals surface area contributed by atoms with Crippen LogP contribution in [0.1, 0.15) is 25.7 Å². The number of imidazole rings is 1. The van der Waals surface area contributed by atoms with E-state index in [1.165, 1.54) is 47.9 Å². The molecule has 2 aromatic heterocycles. The fraction of sp³-hybridized carbons (Fsp3) is 0.0500. The van der Waals surface area contributed by atoms with Crippen molar-refractivity contribution in [3.63, 3.8) is 0 Å².